The number of amidine groups is 1. The van der Waals surface area contributed by atoms with E-state index >= 15 is 0 Å². The highest BCUT2D eigenvalue weighted by molar-refractivity contribution is 7.97. The van der Waals surface area contributed by atoms with Crippen molar-refractivity contribution in [2.75, 3.05) is 26.2 Å². The minimum atomic E-state index is -0.236. The lowest BCUT2D eigenvalue weighted by Crippen LogP contribution is -2.34. The van der Waals surface area contributed by atoms with Crippen molar-refractivity contribution < 1.29 is 9.90 Å². The molecule has 3 N–H and O–H groups in total. The van der Waals surface area contributed by atoms with Crippen LogP contribution in [0.5, 0.6) is 0 Å². The first-order chi connectivity index (χ1) is 16.9. The summed E-state index contributed by atoms with van der Waals surface area (Å²) in [6.45, 7) is 9.37. The van der Waals surface area contributed by atoms with Gasteiger partial charge in [0.05, 0.1) is 11.8 Å². The number of nitrogens with zero attached hydrogens (tertiary/aromatic N) is 3. The Morgan fingerprint density at radius 2 is 1.94 bits per heavy atom. The van der Waals surface area contributed by atoms with Gasteiger partial charge in [0.2, 0.25) is 5.91 Å². The summed E-state index contributed by atoms with van der Waals surface area (Å²) in [4.78, 5) is 21.0. The van der Waals surface area contributed by atoms with Crippen LogP contribution >= 0.6 is 11.9 Å². The zero-order valence-electron chi connectivity index (χ0n) is 21.0. The highest BCUT2D eigenvalue weighted by atomic mass is 32.2. The maximum absolute atomic E-state index is 13.2. The van der Waals surface area contributed by atoms with Crippen LogP contribution in [-0.2, 0) is 4.79 Å². The number of benzene rings is 2. The SMILES string of the molecule is CCCN(CCC)C(=O)C1=Cc2ccc(-c3cc(C)cc(SN4CCC(O)C4)c3)cc2N=C(N)C1. The van der Waals surface area contributed by atoms with Crippen molar-refractivity contribution in [2.24, 2.45) is 10.7 Å². The summed E-state index contributed by atoms with van der Waals surface area (Å²) in [5.41, 5.74) is 12.0. The Morgan fingerprint density at radius 3 is 2.63 bits per heavy atom. The largest absolute Gasteiger partial charge is 0.392 e. The average Bonchev–Trinajstić information content (AvgIpc) is 3.14. The summed E-state index contributed by atoms with van der Waals surface area (Å²) >= 11 is 1.70. The highest BCUT2D eigenvalue weighted by Gasteiger charge is 2.22. The lowest BCUT2D eigenvalue weighted by atomic mass is 9.99. The minimum Gasteiger partial charge on any atom is -0.392 e. The molecule has 7 heteroatoms. The molecule has 186 valence electrons. The first kappa shape index (κ1) is 25.5. The number of hydrogen-bond donors (Lipinski definition) is 2. The van der Waals surface area contributed by atoms with Crippen molar-refractivity contribution in [2.45, 2.75) is 57.5 Å². The maximum atomic E-state index is 13.2. The molecule has 0 radical (unpaired) electrons. The molecule has 1 unspecified atom stereocenters. The first-order valence-electron chi connectivity index (χ1n) is 12.6. The molecular weight excluding hydrogens is 456 g/mol. The van der Waals surface area contributed by atoms with Crippen molar-refractivity contribution in [1.29, 1.82) is 0 Å². The molecule has 1 amide bonds. The minimum absolute atomic E-state index is 0.0520. The Hall–Kier alpha value is -2.61. The number of hydrogen-bond acceptors (Lipinski definition) is 6. The lowest BCUT2D eigenvalue weighted by Gasteiger charge is -2.22. The molecule has 1 fully saturated rings. The Balaban J connectivity index is 1.62. The van der Waals surface area contributed by atoms with Crippen LogP contribution in [0.15, 0.2) is 51.9 Å². The number of carbonyl (C=O) groups excluding carboxylic acids is 1. The van der Waals surface area contributed by atoms with Crippen molar-refractivity contribution in [3.63, 3.8) is 0 Å². The number of aliphatic hydroxyl groups is 1. The van der Waals surface area contributed by atoms with Gasteiger partial charge in [-0.1, -0.05) is 32.0 Å². The Kier molecular flexibility index (Phi) is 8.31. The summed E-state index contributed by atoms with van der Waals surface area (Å²) in [7, 11) is 0. The molecule has 0 aromatic heterocycles. The number of nitrogens with two attached hydrogens (primary N) is 1. The number of fused-ring (bicyclic) bond motifs is 1. The van der Waals surface area contributed by atoms with E-state index in [0.29, 0.717) is 24.4 Å². The van der Waals surface area contributed by atoms with Crippen LogP contribution in [0.3, 0.4) is 0 Å². The topological polar surface area (TPSA) is 82.2 Å². The number of aliphatic hydroxyl groups excluding tert-OH is 1. The van der Waals surface area contributed by atoms with Gasteiger partial charge in [-0.25, -0.2) is 9.30 Å². The summed E-state index contributed by atoms with van der Waals surface area (Å²) < 4.78 is 2.22. The van der Waals surface area contributed by atoms with Crippen LogP contribution in [0, 0.1) is 6.92 Å². The van der Waals surface area contributed by atoms with E-state index < -0.39 is 0 Å². The molecule has 0 bridgehead atoms. The van der Waals surface area contributed by atoms with Gasteiger partial charge in [-0.05, 0) is 79.1 Å². The summed E-state index contributed by atoms with van der Waals surface area (Å²) in [6, 6.07) is 12.7. The highest BCUT2D eigenvalue weighted by Crippen LogP contribution is 2.35. The molecule has 0 saturated carbocycles. The van der Waals surface area contributed by atoms with E-state index in [4.69, 9.17) is 5.73 Å². The van der Waals surface area contributed by atoms with Crippen LogP contribution in [0.4, 0.5) is 5.69 Å². The molecule has 2 heterocycles. The normalized spacial score (nSPS) is 18.0. The molecule has 1 atom stereocenters. The van der Waals surface area contributed by atoms with E-state index in [0.717, 1.165) is 66.2 Å². The van der Waals surface area contributed by atoms with Gasteiger partial charge in [-0.15, -0.1) is 0 Å². The fraction of sp³-hybridized carbons (Fsp3) is 0.429. The number of rotatable bonds is 8. The monoisotopic (exact) mass is 492 g/mol. The third kappa shape index (κ3) is 6.34. The van der Waals surface area contributed by atoms with Crippen LogP contribution in [0.25, 0.3) is 17.2 Å². The van der Waals surface area contributed by atoms with Crippen LogP contribution in [-0.4, -0.2) is 58.3 Å². The van der Waals surface area contributed by atoms with Crippen molar-refractivity contribution in [1.82, 2.24) is 9.21 Å². The van der Waals surface area contributed by atoms with Gasteiger partial charge in [0.15, 0.2) is 0 Å². The molecule has 0 spiro atoms. The third-order valence-electron chi connectivity index (χ3n) is 6.29. The smallest absolute Gasteiger partial charge is 0.250 e. The second-order valence-electron chi connectivity index (χ2n) is 9.47. The van der Waals surface area contributed by atoms with Gasteiger partial charge in [-0.3, -0.25) is 4.79 Å². The van der Waals surface area contributed by atoms with Gasteiger partial charge in [-0.2, -0.15) is 0 Å². The second-order valence-corrected chi connectivity index (χ2v) is 10.6. The van der Waals surface area contributed by atoms with Crippen LogP contribution in [0.1, 0.15) is 50.7 Å². The predicted octanol–water partition coefficient (Wildman–Crippen LogP) is 5.16. The van der Waals surface area contributed by atoms with Gasteiger partial charge in [0.25, 0.3) is 0 Å². The average molecular weight is 493 g/mol. The number of carbonyl (C=O) groups is 1. The molecule has 2 aliphatic heterocycles. The quantitative estimate of drug-likeness (QED) is 0.498. The van der Waals surface area contributed by atoms with Crippen molar-refractivity contribution in [3.8, 4) is 11.1 Å². The van der Waals surface area contributed by atoms with E-state index in [1.54, 1.807) is 11.9 Å². The molecule has 4 rings (SSSR count). The zero-order chi connectivity index (χ0) is 24.9. The molecule has 1 saturated heterocycles. The zero-order valence-corrected chi connectivity index (χ0v) is 21.8. The van der Waals surface area contributed by atoms with E-state index in [9.17, 15) is 9.90 Å². The van der Waals surface area contributed by atoms with Gasteiger partial charge in [0.1, 0.15) is 5.84 Å². The Bertz CT molecular complexity index is 1140. The first-order valence-corrected chi connectivity index (χ1v) is 13.3. The number of β-amino-alcohol motifs (C(OH)–C–C–N with tert-alkyl or cyclic N) is 1. The predicted molar refractivity (Wildman–Crippen MR) is 146 cm³/mol. The van der Waals surface area contributed by atoms with E-state index in [1.165, 1.54) is 5.56 Å². The Morgan fingerprint density at radius 1 is 1.17 bits per heavy atom. The lowest BCUT2D eigenvalue weighted by molar-refractivity contribution is -0.127. The fourth-order valence-corrected chi connectivity index (χ4v) is 5.84. The molecule has 2 aromatic carbocycles. The molecule has 2 aromatic rings. The molecule has 6 nitrogen and oxygen atoms in total. The summed E-state index contributed by atoms with van der Waals surface area (Å²) in [6.07, 6.45) is 4.76. The van der Waals surface area contributed by atoms with E-state index in [2.05, 4.69) is 60.4 Å². The molecule has 35 heavy (non-hydrogen) atoms. The van der Waals surface area contributed by atoms with Gasteiger partial charge in [0, 0.05) is 48.6 Å². The van der Waals surface area contributed by atoms with Crippen molar-refractivity contribution in [3.05, 3.63) is 53.1 Å². The van der Waals surface area contributed by atoms with Crippen molar-refractivity contribution >= 4 is 35.5 Å². The molecular formula is C28H36N4O2S. The fourth-order valence-electron chi connectivity index (χ4n) is 4.68. The van der Waals surface area contributed by atoms with Crippen LogP contribution < -0.4 is 5.73 Å². The van der Waals surface area contributed by atoms with Gasteiger partial charge >= 0.3 is 0 Å². The van der Waals surface area contributed by atoms with E-state index in [-0.39, 0.29) is 12.0 Å². The Labute approximate surface area is 213 Å². The summed E-state index contributed by atoms with van der Waals surface area (Å²) in [5.74, 6) is 0.512. The molecule has 0 aliphatic carbocycles. The number of aliphatic imine (C=N–C) groups is 1. The number of amides is 1. The van der Waals surface area contributed by atoms with E-state index in [1.807, 2.05) is 17.0 Å². The van der Waals surface area contributed by atoms with Gasteiger partial charge < -0.3 is 15.7 Å². The second kappa shape index (κ2) is 11.4. The molecule has 2 aliphatic rings. The third-order valence-corrected chi connectivity index (χ3v) is 7.33. The number of aryl methyl sites for hydroxylation is 1. The standard InChI is InChI=1S/C28H36N4O2S/c1-4-9-31(10-5-2)28(34)23-14-21-7-6-20(16-26(21)30-27(29)17-23)22-12-19(3)13-25(15-22)35-32-11-8-24(33)18-32/h6-7,12-16,24,33H,4-5,8-11,17-18H2,1-3H3,(H2,29,30). The van der Waals surface area contributed by atoms with Crippen LogP contribution in [0.2, 0.25) is 0 Å². The maximum Gasteiger partial charge on any atom is 0.250 e. The summed E-state index contributed by atoms with van der Waals surface area (Å²) in [5, 5.41) is 9.85.